The van der Waals surface area contributed by atoms with Gasteiger partial charge in [-0.3, -0.25) is 4.79 Å². The molecule has 0 unspecified atom stereocenters. The predicted octanol–water partition coefficient (Wildman–Crippen LogP) is 4.81. The van der Waals surface area contributed by atoms with Gasteiger partial charge in [-0.15, -0.1) is 0 Å². The number of hydrazone groups is 1. The summed E-state index contributed by atoms with van der Waals surface area (Å²) in [5.74, 6) is -0.215. The molecule has 0 spiro atoms. The van der Waals surface area contributed by atoms with Gasteiger partial charge in [-0.1, -0.05) is 54.1 Å². The molecular weight excluding hydrogens is 386 g/mol. The van der Waals surface area contributed by atoms with E-state index in [4.69, 9.17) is 11.6 Å². The van der Waals surface area contributed by atoms with Crippen molar-refractivity contribution in [2.24, 2.45) is 5.10 Å². The maximum Gasteiger partial charge on any atom is 0.273 e. The number of hydrogen-bond acceptors (Lipinski definition) is 3. The van der Waals surface area contributed by atoms with E-state index in [2.05, 4.69) is 10.5 Å². The molecule has 0 fully saturated rings. The van der Waals surface area contributed by atoms with Crippen LogP contribution in [0.3, 0.4) is 0 Å². The molecule has 0 aliphatic heterocycles. The van der Waals surface area contributed by atoms with Crippen molar-refractivity contribution in [3.63, 3.8) is 0 Å². The molecule has 144 valence electrons. The maximum atomic E-state index is 12.7. The van der Waals surface area contributed by atoms with Gasteiger partial charge in [-0.25, -0.2) is 5.43 Å². The number of nitrogens with zero attached hydrogens (tertiary/aromatic N) is 2. The van der Waals surface area contributed by atoms with E-state index in [0.29, 0.717) is 22.7 Å². The smallest absolute Gasteiger partial charge is 0.273 e. The highest BCUT2D eigenvalue weighted by Crippen LogP contribution is 2.23. The molecule has 4 aromatic rings. The number of hydrogen-bond donors (Lipinski definition) is 2. The lowest BCUT2D eigenvalue weighted by molar-refractivity contribution is 0.0956. The fourth-order valence-electron chi connectivity index (χ4n) is 3.16. The molecule has 29 heavy (non-hydrogen) atoms. The van der Waals surface area contributed by atoms with Gasteiger partial charge >= 0.3 is 0 Å². The van der Waals surface area contributed by atoms with Crippen LogP contribution >= 0.6 is 11.6 Å². The molecule has 5 nitrogen and oxygen atoms in total. The lowest BCUT2D eigenvalue weighted by Gasteiger charge is -2.05. The zero-order chi connectivity index (χ0) is 20.2. The SMILES string of the molecule is O=C(N/N=C/c1ccccc1O)c1cn(Cc2ccc(Cl)cc2)c2ccccc12. The van der Waals surface area contributed by atoms with E-state index >= 15 is 0 Å². The van der Waals surface area contributed by atoms with Gasteiger partial charge in [-0.2, -0.15) is 5.10 Å². The Morgan fingerprint density at radius 3 is 2.55 bits per heavy atom. The van der Waals surface area contributed by atoms with Crippen LogP contribution in [0.4, 0.5) is 0 Å². The fraction of sp³-hybridized carbons (Fsp3) is 0.0435. The van der Waals surface area contributed by atoms with E-state index < -0.39 is 0 Å². The van der Waals surface area contributed by atoms with Crippen molar-refractivity contribution in [1.82, 2.24) is 9.99 Å². The summed E-state index contributed by atoms with van der Waals surface area (Å²) in [4.78, 5) is 12.7. The minimum absolute atomic E-state index is 0.102. The monoisotopic (exact) mass is 403 g/mol. The van der Waals surface area contributed by atoms with Crippen LogP contribution in [0.15, 0.2) is 84.1 Å². The Bertz CT molecular complexity index is 1200. The molecule has 0 saturated carbocycles. The van der Waals surface area contributed by atoms with Crippen LogP contribution in [0.1, 0.15) is 21.5 Å². The lowest BCUT2D eigenvalue weighted by atomic mass is 10.1. The summed E-state index contributed by atoms with van der Waals surface area (Å²) in [7, 11) is 0. The molecule has 0 bridgehead atoms. The number of para-hydroxylation sites is 2. The standard InChI is InChI=1S/C23H18ClN3O2/c24-18-11-9-16(10-12-18)14-27-15-20(19-6-2-3-7-21(19)27)23(29)26-25-13-17-5-1-4-8-22(17)28/h1-13,15,28H,14H2,(H,26,29)/b25-13+. The van der Waals surface area contributed by atoms with Gasteiger partial charge in [0.1, 0.15) is 5.75 Å². The maximum absolute atomic E-state index is 12.7. The summed E-state index contributed by atoms with van der Waals surface area (Å²) in [6.45, 7) is 0.617. The Hall–Kier alpha value is -3.57. The number of carbonyl (C=O) groups excluding carboxylic acids is 1. The van der Waals surface area contributed by atoms with Crippen LogP contribution in [0, 0.1) is 0 Å². The summed E-state index contributed by atoms with van der Waals surface area (Å²) >= 11 is 5.97. The van der Waals surface area contributed by atoms with Gasteiger partial charge in [0.05, 0.1) is 11.8 Å². The topological polar surface area (TPSA) is 66.6 Å². The van der Waals surface area contributed by atoms with Crippen molar-refractivity contribution < 1.29 is 9.90 Å². The second-order valence-corrected chi connectivity index (χ2v) is 7.01. The van der Waals surface area contributed by atoms with Gasteiger partial charge in [-0.05, 0) is 35.9 Å². The second-order valence-electron chi connectivity index (χ2n) is 6.57. The van der Waals surface area contributed by atoms with Crippen molar-refractivity contribution >= 4 is 34.6 Å². The first-order chi connectivity index (χ1) is 14.1. The molecule has 0 aliphatic carbocycles. The minimum atomic E-state index is -0.317. The fourth-order valence-corrected chi connectivity index (χ4v) is 3.29. The third-order valence-electron chi connectivity index (χ3n) is 4.61. The molecule has 0 saturated heterocycles. The van der Waals surface area contributed by atoms with Crippen molar-refractivity contribution in [1.29, 1.82) is 0 Å². The number of halogens is 1. The summed E-state index contributed by atoms with van der Waals surface area (Å²) in [5.41, 5.74) is 5.64. The van der Waals surface area contributed by atoms with Gasteiger partial charge in [0.15, 0.2) is 0 Å². The van der Waals surface area contributed by atoms with Gasteiger partial charge < -0.3 is 9.67 Å². The molecule has 1 aromatic heterocycles. The summed E-state index contributed by atoms with van der Waals surface area (Å²) < 4.78 is 2.03. The Morgan fingerprint density at radius 2 is 1.76 bits per heavy atom. The average Bonchev–Trinajstić information content (AvgIpc) is 3.10. The average molecular weight is 404 g/mol. The van der Waals surface area contributed by atoms with Crippen molar-refractivity contribution in [2.45, 2.75) is 6.54 Å². The van der Waals surface area contributed by atoms with E-state index in [1.54, 1.807) is 24.3 Å². The molecule has 2 N–H and O–H groups in total. The summed E-state index contributed by atoms with van der Waals surface area (Å²) in [6.07, 6.45) is 3.24. The number of rotatable bonds is 5. The van der Waals surface area contributed by atoms with E-state index in [9.17, 15) is 9.90 Å². The number of amides is 1. The molecule has 1 heterocycles. The van der Waals surface area contributed by atoms with E-state index in [1.807, 2.05) is 59.3 Å². The minimum Gasteiger partial charge on any atom is -0.507 e. The van der Waals surface area contributed by atoms with Crippen LogP contribution in [-0.4, -0.2) is 21.8 Å². The normalized spacial score (nSPS) is 11.2. The molecule has 4 rings (SSSR count). The third kappa shape index (κ3) is 4.15. The van der Waals surface area contributed by atoms with Gasteiger partial charge in [0, 0.05) is 34.2 Å². The van der Waals surface area contributed by atoms with Crippen LogP contribution in [0.2, 0.25) is 5.02 Å². The highest BCUT2D eigenvalue weighted by Gasteiger charge is 2.14. The first-order valence-electron chi connectivity index (χ1n) is 9.05. The van der Waals surface area contributed by atoms with Crippen LogP contribution in [-0.2, 0) is 6.54 Å². The number of aromatic nitrogens is 1. The van der Waals surface area contributed by atoms with Crippen LogP contribution in [0.25, 0.3) is 10.9 Å². The Labute approximate surface area is 172 Å². The van der Waals surface area contributed by atoms with Crippen molar-refractivity contribution in [3.8, 4) is 5.75 Å². The van der Waals surface area contributed by atoms with E-state index in [-0.39, 0.29) is 11.7 Å². The Kier molecular flexibility index (Phi) is 5.31. The molecular formula is C23H18ClN3O2. The predicted molar refractivity (Wildman–Crippen MR) is 116 cm³/mol. The summed E-state index contributed by atoms with van der Waals surface area (Å²) in [5, 5.41) is 15.3. The largest absolute Gasteiger partial charge is 0.507 e. The Morgan fingerprint density at radius 1 is 1.03 bits per heavy atom. The lowest BCUT2D eigenvalue weighted by Crippen LogP contribution is -2.17. The number of phenols is 1. The summed E-state index contributed by atoms with van der Waals surface area (Å²) in [6, 6.07) is 22.2. The zero-order valence-electron chi connectivity index (χ0n) is 15.4. The first-order valence-corrected chi connectivity index (χ1v) is 9.43. The number of carbonyl (C=O) groups is 1. The number of aromatic hydroxyl groups is 1. The van der Waals surface area contributed by atoms with Crippen LogP contribution < -0.4 is 5.43 Å². The van der Waals surface area contributed by atoms with Crippen molar-refractivity contribution in [3.05, 3.63) is 101 Å². The molecule has 0 atom stereocenters. The van der Waals surface area contributed by atoms with Crippen LogP contribution in [0.5, 0.6) is 5.75 Å². The zero-order valence-corrected chi connectivity index (χ0v) is 16.2. The van der Waals surface area contributed by atoms with E-state index in [1.165, 1.54) is 6.21 Å². The molecule has 3 aromatic carbocycles. The van der Waals surface area contributed by atoms with Crippen molar-refractivity contribution in [2.75, 3.05) is 0 Å². The number of nitrogens with one attached hydrogen (secondary N) is 1. The molecule has 0 radical (unpaired) electrons. The second kappa shape index (κ2) is 8.20. The third-order valence-corrected chi connectivity index (χ3v) is 4.86. The van der Waals surface area contributed by atoms with E-state index in [0.717, 1.165) is 16.5 Å². The van der Waals surface area contributed by atoms with Gasteiger partial charge in [0.25, 0.3) is 5.91 Å². The molecule has 0 aliphatic rings. The molecule has 1 amide bonds. The highest BCUT2D eigenvalue weighted by molar-refractivity contribution is 6.30. The van der Waals surface area contributed by atoms with Gasteiger partial charge in [0.2, 0.25) is 0 Å². The number of fused-ring (bicyclic) bond motifs is 1. The quantitative estimate of drug-likeness (QED) is 0.371. The highest BCUT2D eigenvalue weighted by atomic mass is 35.5. The first kappa shape index (κ1) is 18.8. The number of phenolic OH excluding ortho intramolecular Hbond substituents is 1. The Balaban J connectivity index is 1.59. The molecule has 6 heteroatoms. The number of benzene rings is 3.